The zero-order valence-electron chi connectivity index (χ0n) is 7.70. The molecule has 3 nitrogen and oxygen atoms in total. The van der Waals surface area contributed by atoms with E-state index in [1.54, 1.807) is 6.07 Å². The van der Waals surface area contributed by atoms with Gasteiger partial charge in [0.05, 0.1) is 0 Å². The molecule has 3 N–H and O–H groups in total. The average Bonchev–Trinajstić information content (AvgIpc) is 2.15. The van der Waals surface area contributed by atoms with Crippen molar-refractivity contribution in [1.29, 1.82) is 0 Å². The van der Waals surface area contributed by atoms with Crippen molar-refractivity contribution in [1.82, 2.24) is 5.32 Å². The number of benzene rings is 1. The first-order valence-electron chi connectivity index (χ1n) is 4.34. The second-order valence-corrected chi connectivity index (χ2v) is 4.30. The van der Waals surface area contributed by atoms with Gasteiger partial charge in [-0.1, -0.05) is 24.3 Å². The van der Waals surface area contributed by atoms with Crippen LogP contribution in [0.5, 0.6) is 0 Å². The minimum atomic E-state index is -2.64. The highest BCUT2D eigenvalue weighted by atomic mass is 28.3. The van der Waals surface area contributed by atoms with Crippen LogP contribution in [0.1, 0.15) is 5.56 Å². The predicted molar refractivity (Wildman–Crippen MR) is 55.3 cm³/mol. The topological polar surface area (TPSA) is 52.5 Å². The second kappa shape index (κ2) is 5.13. The maximum atomic E-state index is 9.18. The third-order valence-electron chi connectivity index (χ3n) is 1.98. The quantitative estimate of drug-likeness (QED) is 0.535. The van der Waals surface area contributed by atoms with Crippen LogP contribution in [0, 0.1) is 0 Å². The van der Waals surface area contributed by atoms with Crippen LogP contribution in [0.15, 0.2) is 24.3 Å². The van der Waals surface area contributed by atoms with Crippen LogP contribution in [0.25, 0.3) is 0 Å². The fourth-order valence-corrected chi connectivity index (χ4v) is 2.13. The predicted octanol–water partition coefficient (Wildman–Crippen LogP) is -1.14. The van der Waals surface area contributed by atoms with Crippen molar-refractivity contribution in [2.75, 3.05) is 13.6 Å². The van der Waals surface area contributed by atoms with E-state index in [1.165, 1.54) is 0 Å². The molecule has 0 spiro atoms. The van der Waals surface area contributed by atoms with Gasteiger partial charge < -0.3 is 14.9 Å². The zero-order chi connectivity index (χ0) is 9.68. The van der Waals surface area contributed by atoms with Gasteiger partial charge in [-0.05, 0) is 30.8 Å². The van der Waals surface area contributed by atoms with Crippen LogP contribution in [0.2, 0.25) is 0 Å². The largest absolute Gasteiger partial charge is 0.410 e. The lowest BCUT2D eigenvalue weighted by atomic mass is 10.1. The molecule has 1 aromatic rings. The zero-order valence-corrected chi connectivity index (χ0v) is 8.85. The molecule has 0 aliphatic rings. The summed E-state index contributed by atoms with van der Waals surface area (Å²) in [6, 6.07) is 7.50. The summed E-state index contributed by atoms with van der Waals surface area (Å²) in [5.41, 5.74) is 1.04. The van der Waals surface area contributed by atoms with Gasteiger partial charge in [-0.25, -0.2) is 0 Å². The van der Waals surface area contributed by atoms with Gasteiger partial charge in [0.1, 0.15) is 0 Å². The molecule has 0 aromatic heterocycles. The van der Waals surface area contributed by atoms with Gasteiger partial charge in [-0.2, -0.15) is 0 Å². The van der Waals surface area contributed by atoms with E-state index in [-0.39, 0.29) is 0 Å². The molecule has 0 amide bonds. The van der Waals surface area contributed by atoms with Crippen molar-refractivity contribution in [3.63, 3.8) is 0 Å². The first kappa shape index (κ1) is 10.4. The van der Waals surface area contributed by atoms with Crippen LogP contribution in [-0.2, 0) is 6.42 Å². The van der Waals surface area contributed by atoms with Crippen molar-refractivity contribution < 1.29 is 9.59 Å². The Morgan fingerprint density at radius 1 is 1.31 bits per heavy atom. The van der Waals surface area contributed by atoms with Crippen molar-refractivity contribution in [2.24, 2.45) is 0 Å². The first-order chi connectivity index (χ1) is 6.25. The maximum absolute atomic E-state index is 9.18. The molecule has 0 aliphatic carbocycles. The summed E-state index contributed by atoms with van der Waals surface area (Å²) in [6.07, 6.45) is 0.845. The van der Waals surface area contributed by atoms with Gasteiger partial charge in [-0.3, -0.25) is 0 Å². The number of hydrogen-bond acceptors (Lipinski definition) is 3. The molecule has 0 bridgehead atoms. The molecule has 0 saturated carbocycles. The highest BCUT2D eigenvalue weighted by Gasteiger charge is 2.10. The van der Waals surface area contributed by atoms with Gasteiger partial charge >= 0.3 is 9.28 Å². The molecule has 4 heteroatoms. The Morgan fingerprint density at radius 3 is 2.62 bits per heavy atom. The van der Waals surface area contributed by atoms with E-state index in [0.29, 0.717) is 0 Å². The molecule has 13 heavy (non-hydrogen) atoms. The van der Waals surface area contributed by atoms with Crippen LogP contribution in [0.3, 0.4) is 0 Å². The lowest BCUT2D eigenvalue weighted by Gasteiger charge is -2.08. The maximum Gasteiger partial charge on any atom is 0.350 e. The number of nitrogens with one attached hydrogen (secondary N) is 1. The van der Waals surface area contributed by atoms with E-state index in [1.807, 2.05) is 25.2 Å². The molecule has 0 fully saturated rings. The van der Waals surface area contributed by atoms with Crippen molar-refractivity contribution in [3.05, 3.63) is 29.8 Å². The highest BCUT2D eigenvalue weighted by molar-refractivity contribution is 6.59. The minimum Gasteiger partial charge on any atom is -0.410 e. The molecule has 0 atom stereocenters. The van der Waals surface area contributed by atoms with Crippen LogP contribution < -0.4 is 10.5 Å². The average molecular weight is 197 g/mol. The molecule has 0 heterocycles. The number of likely N-dealkylation sites (N-methyl/N-ethyl adjacent to an activating group) is 1. The smallest absolute Gasteiger partial charge is 0.350 e. The van der Waals surface area contributed by atoms with Crippen molar-refractivity contribution >= 4 is 14.5 Å². The molecule has 1 aromatic carbocycles. The summed E-state index contributed by atoms with van der Waals surface area (Å²) in [4.78, 5) is 18.4. The van der Waals surface area contributed by atoms with E-state index in [2.05, 4.69) is 5.32 Å². The van der Waals surface area contributed by atoms with Crippen LogP contribution in [-0.4, -0.2) is 32.5 Å². The fourth-order valence-electron chi connectivity index (χ4n) is 1.27. The summed E-state index contributed by atoms with van der Waals surface area (Å²) in [6.45, 7) is 0.859. The summed E-state index contributed by atoms with van der Waals surface area (Å²) < 4.78 is 0. The molecule has 0 unspecified atom stereocenters. The first-order valence-corrected chi connectivity index (χ1v) is 5.95. The normalized spacial score (nSPS) is 10.8. The second-order valence-electron chi connectivity index (χ2n) is 2.93. The number of rotatable bonds is 4. The van der Waals surface area contributed by atoms with E-state index < -0.39 is 9.28 Å². The Bertz CT molecular complexity index is 266. The van der Waals surface area contributed by atoms with E-state index in [4.69, 9.17) is 0 Å². The van der Waals surface area contributed by atoms with Crippen LogP contribution >= 0.6 is 0 Å². The minimum absolute atomic E-state index is 0.734. The fraction of sp³-hybridized carbons (Fsp3) is 0.333. The molecule has 72 valence electrons. The van der Waals surface area contributed by atoms with E-state index in [9.17, 15) is 9.59 Å². The van der Waals surface area contributed by atoms with Gasteiger partial charge in [0, 0.05) is 0 Å². The monoisotopic (exact) mass is 197 g/mol. The van der Waals surface area contributed by atoms with E-state index >= 15 is 0 Å². The summed E-state index contributed by atoms with van der Waals surface area (Å²) in [5.74, 6) is 0. The Balaban J connectivity index is 2.78. The SMILES string of the molecule is CNCCc1ccccc1[SiH](O)O. The van der Waals surface area contributed by atoms with Gasteiger partial charge in [0.25, 0.3) is 0 Å². The molecular formula is C9H15NO2Si. The Kier molecular flexibility index (Phi) is 4.11. The lowest BCUT2D eigenvalue weighted by molar-refractivity contribution is 0.425. The summed E-state index contributed by atoms with van der Waals surface area (Å²) in [5, 5.41) is 3.77. The van der Waals surface area contributed by atoms with Gasteiger partial charge in [0.2, 0.25) is 0 Å². The van der Waals surface area contributed by atoms with Crippen molar-refractivity contribution in [3.8, 4) is 0 Å². The Labute approximate surface area is 79.9 Å². The third-order valence-corrected chi connectivity index (χ3v) is 3.10. The van der Waals surface area contributed by atoms with E-state index in [0.717, 1.165) is 23.7 Å². The highest BCUT2D eigenvalue weighted by Crippen LogP contribution is 1.97. The summed E-state index contributed by atoms with van der Waals surface area (Å²) in [7, 11) is -0.754. The van der Waals surface area contributed by atoms with Crippen molar-refractivity contribution in [2.45, 2.75) is 6.42 Å². The molecule has 1 rings (SSSR count). The third kappa shape index (κ3) is 2.93. The Hall–Kier alpha value is -0.683. The van der Waals surface area contributed by atoms with Crippen LogP contribution in [0.4, 0.5) is 0 Å². The van der Waals surface area contributed by atoms with Gasteiger partial charge in [0.15, 0.2) is 0 Å². The molecule has 0 radical (unpaired) electrons. The molecule has 0 saturated heterocycles. The summed E-state index contributed by atoms with van der Waals surface area (Å²) >= 11 is 0. The number of hydrogen-bond donors (Lipinski definition) is 3. The van der Waals surface area contributed by atoms with Gasteiger partial charge in [-0.15, -0.1) is 0 Å². The molecule has 0 aliphatic heterocycles. The molecular weight excluding hydrogens is 182 g/mol. The lowest BCUT2D eigenvalue weighted by Crippen LogP contribution is -2.33. The Morgan fingerprint density at radius 2 is 2.00 bits per heavy atom. The standard InChI is InChI=1S/C9H15NO2Si/c1-10-7-6-8-4-2-3-5-9(8)13(11)12/h2-5,10-13H,6-7H2,1H3.